The third-order valence-electron chi connectivity index (χ3n) is 5.59. The van der Waals surface area contributed by atoms with Crippen molar-refractivity contribution in [1.29, 1.82) is 0 Å². The highest BCUT2D eigenvalue weighted by Gasteiger charge is 2.19. The first-order valence-corrected chi connectivity index (χ1v) is 14.1. The molecule has 1 unspecified atom stereocenters. The number of esters is 1. The van der Waals surface area contributed by atoms with Gasteiger partial charge in [0, 0.05) is 36.3 Å². The molecule has 4 aromatic rings. The van der Waals surface area contributed by atoms with E-state index in [0.717, 1.165) is 11.1 Å². The number of amides is 2. The van der Waals surface area contributed by atoms with Gasteiger partial charge >= 0.3 is 5.97 Å². The van der Waals surface area contributed by atoms with Crippen LogP contribution in [0.1, 0.15) is 44.6 Å². The minimum atomic E-state index is -3.44. The zero-order valence-electron chi connectivity index (χ0n) is 22.6. The van der Waals surface area contributed by atoms with Crippen LogP contribution in [0, 0.1) is 18.8 Å². The van der Waals surface area contributed by atoms with E-state index in [9.17, 15) is 18.6 Å². The molecular formula is C30H27N5O5S. The van der Waals surface area contributed by atoms with Gasteiger partial charge in [-0.2, -0.15) is 5.10 Å². The van der Waals surface area contributed by atoms with Crippen molar-refractivity contribution in [2.24, 2.45) is 7.05 Å². The topological polar surface area (TPSA) is 132 Å². The molecule has 41 heavy (non-hydrogen) atoms. The van der Waals surface area contributed by atoms with E-state index in [1.807, 2.05) is 6.92 Å². The van der Waals surface area contributed by atoms with Crippen LogP contribution in [0.15, 0.2) is 84.0 Å². The number of aromatic nitrogens is 3. The third kappa shape index (κ3) is 7.46. The van der Waals surface area contributed by atoms with Gasteiger partial charge in [0.25, 0.3) is 11.8 Å². The Labute approximate surface area is 237 Å². The zero-order chi connectivity index (χ0) is 29.4. The van der Waals surface area contributed by atoms with E-state index in [1.54, 1.807) is 74.6 Å². The third-order valence-corrected chi connectivity index (χ3v) is 7.58. The maximum Gasteiger partial charge on any atom is 0.340 e. The summed E-state index contributed by atoms with van der Waals surface area (Å²) < 4.78 is 22.6. The summed E-state index contributed by atoms with van der Waals surface area (Å²) >= 11 is 0. The van der Waals surface area contributed by atoms with E-state index in [1.165, 1.54) is 23.1 Å². The lowest BCUT2D eigenvalue weighted by Crippen LogP contribution is -2.34. The van der Waals surface area contributed by atoms with Crippen molar-refractivity contribution >= 4 is 38.5 Å². The molecule has 208 valence electrons. The standard InChI is InChI=1S/C30H27N5O5S/c1-4-40-28(36)20-41(39,26-11-6-5-7-12-26)34-29(37)24-16-23(18-31-19-24)14-13-22-9-8-10-25(17-22)32-30(38)27-15-21(2)33-35(27)3/h5-12,15-20H,4H2,1-3H3,(H,32,38)(H,34,37,39). The highest BCUT2D eigenvalue weighted by molar-refractivity contribution is 8.01. The van der Waals surface area contributed by atoms with E-state index in [2.05, 4.69) is 32.0 Å². The van der Waals surface area contributed by atoms with Crippen LogP contribution in [0.3, 0.4) is 0 Å². The van der Waals surface area contributed by atoms with Crippen molar-refractivity contribution in [3.05, 3.63) is 107 Å². The van der Waals surface area contributed by atoms with Gasteiger partial charge in [0.05, 0.1) is 37.8 Å². The number of anilines is 1. The molecule has 0 saturated carbocycles. The molecule has 2 N–H and O–H groups in total. The van der Waals surface area contributed by atoms with Crippen LogP contribution < -0.4 is 10.0 Å². The van der Waals surface area contributed by atoms with E-state index in [-0.39, 0.29) is 23.0 Å². The van der Waals surface area contributed by atoms with Gasteiger partial charge in [0.2, 0.25) is 0 Å². The molecule has 2 heterocycles. The summed E-state index contributed by atoms with van der Waals surface area (Å²) in [5.74, 6) is 4.13. The molecule has 10 nitrogen and oxygen atoms in total. The van der Waals surface area contributed by atoms with Gasteiger partial charge in [-0.15, -0.1) is 0 Å². The summed E-state index contributed by atoms with van der Waals surface area (Å²) in [7, 11) is -1.74. The number of hydrogen-bond acceptors (Lipinski definition) is 7. The first-order valence-electron chi connectivity index (χ1n) is 12.5. The maximum atomic E-state index is 13.7. The van der Waals surface area contributed by atoms with E-state index >= 15 is 0 Å². The maximum absolute atomic E-state index is 13.7. The lowest BCUT2D eigenvalue weighted by molar-refractivity contribution is -0.134. The first-order chi connectivity index (χ1) is 19.7. The highest BCUT2D eigenvalue weighted by atomic mass is 32.2. The van der Waals surface area contributed by atoms with Gasteiger partial charge < -0.3 is 10.1 Å². The molecule has 0 aliphatic heterocycles. The quantitative estimate of drug-likeness (QED) is 0.199. The molecule has 0 saturated heterocycles. The van der Waals surface area contributed by atoms with E-state index < -0.39 is 21.6 Å². The number of hydrogen-bond donors (Lipinski definition) is 2. The summed E-state index contributed by atoms with van der Waals surface area (Å²) in [6.45, 7) is 3.53. The zero-order valence-corrected chi connectivity index (χ0v) is 23.4. The fourth-order valence-electron chi connectivity index (χ4n) is 3.76. The summed E-state index contributed by atoms with van der Waals surface area (Å²) in [4.78, 5) is 42.2. The Morgan fingerprint density at radius 2 is 1.73 bits per heavy atom. The number of aryl methyl sites for hydroxylation is 2. The number of pyridine rings is 1. The lowest BCUT2D eigenvalue weighted by atomic mass is 10.1. The molecule has 0 spiro atoms. The fraction of sp³-hybridized carbons (Fsp3) is 0.133. The minimum absolute atomic E-state index is 0.0948. The van der Waals surface area contributed by atoms with Crippen LogP contribution in [0.2, 0.25) is 0 Å². The number of carbonyl (C=O) groups is 3. The number of nitrogens with one attached hydrogen (secondary N) is 2. The molecule has 2 amide bonds. The largest absolute Gasteiger partial charge is 0.462 e. The van der Waals surface area contributed by atoms with Crippen LogP contribution in [-0.4, -0.2) is 48.7 Å². The average Bonchev–Trinajstić information content (AvgIpc) is 3.30. The highest BCUT2D eigenvalue weighted by Crippen LogP contribution is 2.14. The fourth-order valence-corrected chi connectivity index (χ4v) is 5.36. The van der Waals surface area contributed by atoms with E-state index in [4.69, 9.17) is 4.74 Å². The smallest absolute Gasteiger partial charge is 0.340 e. The predicted octanol–water partition coefficient (Wildman–Crippen LogP) is 3.13. The second-order valence-electron chi connectivity index (χ2n) is 8.76. The summed E-state index contributed by atoms with van der Waals surface area (Å²) in [5.41, 5.74) is 2.87. The van der Waals surface area contributed by atoms with Crippen molar-refractivity contribution in [1.82, 2.24) is 19.5 Å². The van der Waals surface area contributed by atoms with Gasteiger partial charge in [0.1, 0.15) is 5.69 Å². The second-order valence-corrected chi connectivity index (χ2v) is 10.9. The van der Waals surface area contributed by atoms with Crippen LogP contribution >= 0.6 is 0 Å². The second kappa shape index (κ2) is 12.8. The van der Waals surface area contributed by atoms with Crippen molar-refractivity contribution < 1.29 is 23.3 Å². The van der Waals surface area contributed by atoms with Gasteiger partial charge in [-0.3, -0.25) is 24.0 Å². The first kappa shape index (κ1) is 28.8. The molecule has 1 atom stereocenters. The Bertz CT molecular complexity index is 1790. The van der Waals surface area contributed by atoms with E-state index in [0.29, 0.717) is 22.5 Å². The average molecular weight is 570 g/mol. The summed E-state index contributed by atoms with van der Waals surface area (Å²) in [6.07, 6.45) is 2.80. The lowest BCUT2D eigenvalue weighted by Gasteiger charge is -2.13. The van der Waals surface area contributed by atoms with Gasteiger partial charge in [-0.25, -0.2) is 9.00 Å². The molecule has 11 heteroatoms. The Hall–Kier alpha value is -5.21. The number of rotatable bonds is 7. The minimum Gasteiger partial charge on any atom is -0.462 e. The Morgan fingerprint density at radius 3 is 2.44 bits per heavy atom. The molecule has 0 radical (unpaired) electrons. The van der Waals surface area contributed by atoms with Crippen LogP contribution in [-0.2, 0) is 26.3 Å². The van der Waals surface area contributed by atoms with Crippen LogP contribution in [0.5, 0.6) is 0 Å². The van der Waals surface area contributed by atoms with Crippen molar-refractivity contribution in [3.63, 3.8) is 0 Å². The molecule has 4 rings (SSSR count). The number of carbonyl (C=O) groups excluding carboxylic acids is 3. The van der Waals surface area contributed by atoms with Gasteiger partial charge in [0.15, 0.2) is 0 Å². The summed E-state index contributed by atoms with van der Waals surface area (Å²) in [6, 6.07) is 18.3. The Kier molecular flexibility index (Phi) is 8.96. The monoisotopic (exact) mass is 569 g/mol. The molecule has 2 aromatic heterocycles. The molecular weight excluding hydrogens is 542 g/mol. The molecule has 2 aromatic carbocycles. The predicted molar refractivity (Wildman–Crippen MR) is 156 cm³/mol. The number of ether oxygens (including phenoxy) is 1. The Balaban J connectivity index is 1.53. The molecule has 0 aliphatic rings. The van der Waals surface area contributed by atoms with Crippen molar-refractivity contribution in [3.8, 4) is 11.8 Å². The number of benzene rings is 2. The van der Waals surface area contributed by atoms with Crippen LogP contribution in [0.25, 0.3) is 0 Å². The SMILES string of the molecule is CCOC(=O)C=S(=O)(NC(=O)c1cncc(C#Cc2cccc(NC(=O)c3cc(C)nn3C)c2)c1)c1ccccc1. The molecule has 0 fully saturated rings. The Morgan fingerprint density at radius 1 is 0.976 bits per heavy atom. The van der Waals surface area contributed by atoms with Gasteiger partial charge in [-0.1, -0.05) is 36.1 Å². The van der Waals surface area contributed by atoms with Crippen molar-refractivity contribution in [2.45, 2.75) is 18.7 Å². The van der Waals surface area contributed by atoms with Crippen LogP contribution in [0.4, 0.5) is 5.69 Å². The molecule has 0 bridgehead atoms. The van der Waals surface area contributed by atoms with Gasteiger partial charge in [-0.05, 0) is 56.3 Å². The normalized spacial score (nSPS) is 11.8. The molecule has 0 aliphatic carbocycles. The number of nitrogens with zero attached hydrogens (tertiary/aromatic N) is 3. The summed E-state index contributed by atoms with van der Waals surface area (Å²) in [5, 5.41) is 7.90. The van der Waals surface area contributed by atoms with Crippen molar-refractivity contribution in [2.75, 3.05) is 11.9 Å².